The molecule has 0 aliphatic carbocycles. The molecule has 1 fully saturated rings. The van der Waals surface area contributed by atoms with E-state index in [2.05, 4.69) is 17.3 Å². The maximum absolute atomic E-state index is 12.1. The van der Waals surface area contributed by atoms with E-state index < -0.39 is 5.54 Å². The molecule has 0 aromatic carbocycles. The summed E-state index contributed by atoms with van der Waals surface area (Å²) in [5.41, 5.74) is -0.599. The summed E-state index contributed by atoms with van der Waals surface area (Å²) in [4.78, 5) is 14.3. The fourth-order valence-electron chi connectivity index (χ4n) is 2.40. The van der Waals surface area contributed by atoms with Crippen LogP contribution in [0.2, 0.25) is 0 Å². The topological polar surface area (TPSA) is 50.8 Å². The highest BCUT2D eigenvalue weighted by Crippen LogP contribution is 2.16. The number of carbonyl (C=O) groups is 1. The van der Waals surface area contributed by atoms with Crippen LogP contribution in [0.4, 0.5) is 0 Å². The van der Waals surface area contributed by atoms with Crippen molar-refractivity contribution in [3.63, 3.8) is 0 Å². The van der Waals surface area contributed by atoms with E-state index >= 15 is 0 Å². The fraction of sp³-hybridized carbons (Fsp3) is 0.929. The quantitative estimate of drug-likeness (QED) is 0.669. The molecule has 0 spiro atoms. The summed E-state index contributed by atoms with van der Waals surface area (Å²) >= 11 is 0. The predicted octanol–water partition coefficient (Wildman–Crippen LogP) is 1.03. The molecule has 0 aromatic rings. The molecule has 5 heteroatoms. The molecule has 0 amide bonds. The van der Waals surface area contributed by atoms with Gasteiger partial charge in [-0.1, -0.05) is 6.92 Å². The van der Waals surface area contributed by atoms with Crippen LogP contribution >= 0.6 is 0 Å². The molecule has 2 atom stereocenters. The third-order valence-electron chi connectivity index (χ3n) is 3.79. The normalized spacial score (nSPS) is 22.5. The Labute approximate surface area is 116 Å². The van der Waals surface area contributed by atoms with E-state index in [1.807, 2.05) is 20.8 Å². The van der Waals surface area contributed by atoms with Crippen LogP contribution in [0.5, 0.6) is 0 Å². The summed E-state index contributed by atoms with van der Waals surface area (Å²) in [6, 6.07) is 0.480. The molecule has 0 saturated carbocycles. The largest absolute Gasteiger partial charge is 0.465 e. The molecular weight excluding hydrogens is 244 g/mol. The number of hydrogen-bond acceptors (Lipinski definition) is 5. The Bertz CT molecular complexity index is 280. The summed E-state index contributed by atoms with van der Waals surface area (Å²) in [7, 11) is 2.09. The van der Waals surface area contributed by atoms with Crippen LogP contribution in [-0.4, -0.2) is 62.4 Å². The van der Waals surface area contributed by atoms with Crippen LogP contribution in [0, 0.1) is 0 Å². The van der Waals surface area contributed by atoms with Gasteiger partial charge in [0.2, 0.25) is 0 Å². The molecular formula is C14H28N2O3. The van der Waals surface area contributed by atoms with Crippen molar-refractivity contribution in [2.24, 2.45) is 0 Å². The van der Waals surface area contributed by atoms with Crippen molar-refractivity contribution in [3.05, 3.63) is 0 Å². The zero-order valence-corrected chi connectivity index (χ0v) is 12.7. The summed E-state index contributed by atoms with van der Waals surface area (Å²) in [6.07, 6.45) is 1.82. The van der Waals surface area contributed by atoms with Gasteiger partial charge < -0.3 is 19.7 Å². The maximum Gasteiger partial charge on any atom is 0.326 e. The van der Waals surface area contributed by atoms with Crippen LogP contribution in [0.15, 0.2) is 0 Å². The van der Waals surface area contributed by atoms with Crippen molar-refractivity contribution in [1.29, 1.82) is 0 Å². The Hall–Kier alpha value is -0.650. The average Bonchev–Trinajstić information content (AvgIpc) is 2.90. The van der Waals surface area contributed by atoms with Gasteiger partial charge in [-0.15, -0.1) is 0 Å². The van der Waals surface area contributed by atoms with Gasteiger partial charge in [-0.3, -0.25) is 4.79 Å². The van der Waals surface area contributed by atoms with Gasteiger partial charge in [0.15, 0.2) is 0 Å². The van der Waals surface area contributed by atoms with Crippen molar-refractivity contribution in [2.45, 2.75) is 45.2 Å². The fourth-order valence-corrected chi connectivity index (χ4v) is 2.40. The van der Waals surface area contributed by atoms with Crippen molar-refractivity contribution >= 4 is 5.97 Å². The van der Waals surface area contributed by atoms with Crippen LogP contribution in [0.25, 0.3) is 0 Å². The van der Waals surface area contributed by atoms with Crippen molar-refractivity contribution in [3.8, 4) is 0 Å². The van der Waals surface area contributed by atoms with Crippen molar-refractivity contribution < 1.29 is 14.3 Å². The van der Waals surface area contributed by atoms with Gasteiger partial charge in [0.05, 0.1) is 13.2 Å². The van der Waals surface area contributed by atoms with Gasteiger partial charge >= 0.3 is 5.97 Å². The molecule has 19 heavy (non-hydrogen) atoms. The van der Waals surface area contributed by atoms with E-state index in [0.29, 0.717) is 12.6 Å². The molecule has 2 unspecified atom stereocenters. The SMILES string of the molecule is CCNC(C)(CCN(C)C1CCOC1)C(=O)OCC. The van der Waals surface area contributed by atoms with Gasteiger partial charge in [-0.2, -0.15) is 0 Å². The first-order valence-electron chi connectivity index (χ1n) is 7.23. The smallest absolute Gasteiger partial charge is 0.326 e. The number of rotatable bonds is 8. The summed E-state index contributed by atoms with van der Waals surface area (Å²) in [5.74, 6) is -0.159. The minimum absolute atomic E-state index is 0.159. The lowest BCUT2D eigenvalue weighted by atomic mass is 9.97. The number of likely N-dealkylation sites (N-methyl/N-ethyl adjacent to an activating group) is 2. The second-order valence-electron chi connectivity index (χ2n) is 5.33. The lowest BCUT2D eigenvalue weighted by Gasteiger charge is -2.31. The first kappa shape index (κ1) is 16.4. The van der Waals surface area contributed by atoms with Crippen LogP contribution in [-0.2, 0) is 14.3 Å². The average molecular weight is 272 g/mol. The van der Waals surface area contributed by atoms with Crippen LogP contribution < -0.4 is 5.32 Å². The van der Waals surface area contributed by atoms with Gasteiger partial charge in [-0.05, 0) is 40.3 Å². The molecule has 0 aromatic heterocycles. The van der Waals surface area contributed by atoms with Gasteiger partial charge in [0, 0.05) is 19.2 Å². The van der Waals surface area contributed by atoms with E-state index in [0.717, 1.165) is 39.1 Å². The molecule has 1 heterocycles. The molecule has 0 bridgehead atoms. The Morgan fingerprint density at radius 2 is 2.26 bits per heavy atom. The molecule has 1 saturated heterocycles. The summed E-state index contributed by atoms with van der Waals surface area (Å²) in [6.45, 7) is 9.45. The van der Waals surface area contributed by atoms with Crippen LogP contribution in [0.3, 0.4) is 0 Å². The Kier molecular flexibility index (Phi) is 6.75. The number of ether oxygens (including phenoxy) is 2. The van der Waals surface area contributed by atoms with Gasteiger partial charge in [0.1, 0.15) is 5.54 Å². The maximum atomic E-state index is 12.1. The molecule has 1 rings (SSSR count). The zero-order valence-electron chi connectivity index (χ0n) is 12.7. The highest BCUT2D eigenvalue weighted by atomic mass is 16.5. The first-order valence-corrected chi connectivity index (χ1v) is 7.23. The number of nitrogens with zero attached hydrogens (tertiary/aromatic N) is 1. The van der Waals surface area contributed by atoms with E-state index in [9.17, 15) is 4.79 Å². The third-order valence-corrected chi connectivity index (χ3v) is 3.79. The van der Waals surface area contributed by atoms with E-state index in [1.165, 1.54) is 0 Å². The number of esters is 1. The van der Waals surface area contributed by atoms with E-state index in [-0.39, 0.29) is 5.97 Å². The second-order valence-corrected chi connectivity index (χ2v) is 5.33. The van der Waals surface area contributed by atoms with Crippen molar-refractivity contribution in [1.82, 2.24) is 10.2 Å². The molecule has 112 valence electrons. The zero-order chi connectivity index (χ0) is 14.3. The van der Waals surface area contributed by atoms with E-state index in [1.54, 1.807) is 0 Å². The van der Waals surface area contributed by atoms with Gasteiger partial charge in [-0.25, -0.2) is 0 Å². The molecule has 1 N–H and O–H groups in total. The third kappa shape index (κ3) is 4.75. The first-order chi connectivity index (χ1) is 9.03. The minimum atomic E-state index is -0.599. The number of hydrogen-bond donors (Lipinski definition) is 1. The highest BCUT2D eigenvalue weighted by Gasteiger charge is 2.34. The van der Waals surface area contributed by atoms with Crippen molar-refractivity contribution in [2.75, 3.05) is 40.0 Å². The summed E-state index contributed by atoms with van der Waals surface area (Å²) in [5, 5.41) is 3.26. The second kappa shape index (κ2) is 7.82. The Balaban J connectivity index is 2.49. The summed E-state index contributed by atoms with van der Waals surface area (Å²) < 4.78 is 10.6. The Morgan fingerprint density at radius 3 is 2.79 bits per heavy atom. The standard InChI is InChI=1S/C14H28N2O3/c1-5-15-14(3,13(17)19-6-2)8-9-16(4)12-7-10-18-11-12/h12,15H,5-11H2,1-4H3. The molecule has 5 nitrogen and oxygen atoms in total. The monoisotopic (exact) mass is 272 g/mol. The lowest BCUT2D eigenvalue weighted by molar-refractivity contribution is -0.151. The lowest BCUT2D eigenvalue weighted by Crippen LogP contribution is -2.52. The van der Waals surface area contributed by atoms with Crippen LogP contribution in [0.1, 0.15) is 33.6 Å². The molecule has 1 aliphatic heterocycles. The molecule has 1 aliphatic rings. The number of nitrogens with one attached hydrogen (secondary N) is 1. The minimum Gasteiger partial charge on any atom is -0.465 e. The number of carbonyl (C=O) groups excluding carboxylic acids is 1. The van der Waals surface area contributed by atoms with Gasteiger partial charge in [0.25, 0.3) is 0 Å². The van der Waals surface area contributed by atoms with E-state index in [4.69, 9.17) is 9.47 Å². The highest BCUT2D eigenvalue weighted by molar-refractivity contribution is 5.80. The Morgan fingerprint density at radius 1 is 1.53 bits per heavy atom. The predicted molar refractivity (Wildman–Crippen MR) is 75.2 cm³/mol. The molecule has 0 radical (unpaired) electrons.